The summed E-state index contributed by atoms with van der Waals surface area (Å²) in [4.78, 5) is 11.9. The highest BCUT2D eigenvalue weighted by Gasteiger charge is 2.02. The van der Waals surface area contributed by atoms with Gasteiger partial charge in [-0.3, -0.25) is 4.79 Å². The lowest BCUT2D eigenvalue weighted by Crippen LogP contribution is -2.19. The van der Waals surface area contributed by atoms with Crippen molar-refractivity contribution in [2.24, 2.45) is 5.10 Å². The van der Waals surface area contributed by atoms with Gasteiger partial charge in [-0.05, 0) is 69.9 Å². The van der Waals surface area contributed by atoms with Crippen LogP contribution < -0.4 is 10.2 Å². The third kappa shape index (κ3) is 7.11. The first kappa shape index (κ1) is 22.9. The average molecular weight is 475 g/mol. The first-order chi connectivity index (χ1) is 16.2. The van der Waals surface area contributed by atoms with Crippen molar-refractivity contribution >= 4 is 46.3 Å². The minimum atomic E-state index is -0.138. The van der Waals surface area contributed by atoms with E-state index in [-0.39, 0.29) is 5.91 Å². The predicted octanol–water partition coefficient (Wildman–Crippen LogP) is 6.46. The quantitative estimate of drug-likeness (QED) is 0.224. The summed E-state index contributed by atoms with van der Waals surface area (Å²) in [5, 5.41) is 7.17. The van der Waals surface area contributed by atoms with Gasteiger partial charge in [-0.1, -0.05) is 60.1 Å². The molecule has 0 aliphatic rings. The summed E-state index contributed by atoms with van der Waals surface area (Å²) < 4.78 is 5.90. The molecule has 0 atom stereocenters. The fourth-order valence-corrected chi connectivity index (χ4v) is 4.10. The van der Waals surface area contributed by atoms with Crippen LogP contribution >= 0.6 is 23.4 Å². The Kier molecular flexibility index (Phi) is 8.01. The summed E-state index contributed by atoms with van der Waals surface area (Å²) in [6, 6.07) is 29.8. The predicted molar refractivity (Wildman–Crippen MR) is 138 cm³/mol. The van der Waals surface area contributed by atoms with Gasteiger partial charge in [0.2, 0.25) is 5.91 Å². The summed E-state index contributed by atoms with van der Waals surface area (Å²) in [5.41, 5.74) is 5.69. The van der Waals surface area contributed by atoms with Crippen LogP contribution in [0.1, 0.15) is 16.7 Å². The standard InChI is InChI=1S/C27H23ClN2O2S/c28-25-11-6-21(7-12-25)18-33-19-27(31)30-29-16-20-8-13-26(14-9-20)32-17-22-5-10-23-3-1-2-4-24(23)15-22/h1-16H,17-19H2,(H,30,31). The number of ether oxygens (including phenoxy) is 1. The van der Waals surface area contributed by atoms with E-state index in [1.807, 2.05) is 60.7 Å². The van der Waals surface area contributed by atoms with Crippen LogP contribution in [0, 0.1) is 0 Å². The van der Waals surface area contributed by atoms with Gasteiger partial charge in [0, 0.05) is 10.8 Å². The molecule has 0 aromatic heterocycles. The highest BCUT2D eigenvalue weighted by molar-refractivity contribution is 7.99. The molecule has 0 aliphatic carbocycles. The van der Waals surface area contributed by atoms with Crippen LogP contribution in [0.4, 0.5) is 0 Å². The van der Waals surface area contributed by atoms with Crippen molar-refractivity contribution in [1.29, 1.82) is 0 Å². The van der Waals surface area contributed by atoms with Crippen molar-refractivity contribution in [3.8, 4) is 5.75 Å². The molecule has 1 amide bonds. The Morgan fingerprint density at radius 1 is 0.909 bits per heavy atom. The summed E-state index contributed by atoms with van der Waals surface area (Å²) in [6.45, 7) is 0.502. The molecule has 0 radical (unpaired) electrons. The number of carbonyl (C=O) groups excluding carboxylic acids is 1. The minimum absolute atomic E-state index is 0.138. The van der Waals surface area contributed by atoms with Gasteiger partial charge in [0.15, 0.2) is 0 Å². The zero-order valence-electron chi connectivity index (χ0n) is 17.9. The SMILES string of the molecule is O=C(CSCc1ccc(Cl)cc1)NN=Cc1ccc(OCc2ccc3ccccc3c2)cc1. The second-order valence-corrected chi connectivity index (χ2v) is 8.87. The highest BCUT2D eigenvalue weighted by Crippen LogP contribution is 2.18. The Morgan fingerprint density at radius 3 is 2.42 bits per heavy atom. The number of hydrogen-bond donors (Lipinski definition) is 1. The molecule has 0 saturated carbocycles. The van der Waals surface area contributed by atoms with Crippen molar-refractivity contribution in [1.82, 2.24) is 5.43 Å². The smallest absolute Gasteiger partial charge is 0.250 e. The Labute approximate surface area is 202 Å². The molecule has 0 unspecified atom stereocenters. The molecular formula is C27H23ClN2O2S. The second kappa shape index (κ2) is 11.5. The molecule has 0 aliphatic heterocycles. The lowest BCUT2D eigenvalue weighted by molar-refractivity contribution is -0.118. The molecule has 0 saturated heterocycles. The number of carbonyl (C=O) groups is 1. The number of nitrogens with zero attached hydrogens (tertiary/aromatic N) is 1. The molecule has 0 fully saturated rings. The van der Waals surface area contributed by atoms with E-state index in [2.05, 4.69) is 40.9 Å². The third-order valence-electron chi connectivity index (χ3n) is 4.92. The van der Waals surface area contributed by atoms with Crippen LogP contribution in [0.5, 0.6) is 5.75 Å². The van der Waals surface area contributed by atoms with Gasteiger partial charge in [-0.15, -0.1) is 11.8 Å². The van der Waals surface area contributed by atoms with Crippen molar-refractivity contribution in [3.05, 3.63) is 113 Å². The number of fused-ring (bicyclic) bond motifs is 1. The summed E-state index contributed by atoms with van der Waals surface area (Å²) >= 11 is 7.40. The molecule has 0 bridgehead atoms. The first-order valence-electron chi connectivity index (χ1n) is 10.5. The number of rotatable bonds is 9. The summed E-state index contributed by atoms with van der Waals surface area (Å²) in [7, 11) is 0. The Morgan fingerprint density at radius 2 is 1.64 bits per heavy atom. The lowest BCUT2D eigenvalue weighted by atomic mass is 10.1. The van der Waals surface area contributed by atoms with Crippen LogP contribution in [0.3, 0.4) is 0 Å². The van der Waals surface area contributed by atoms with Gasteiger partial charge in [-0.2, -0.15) is 5.10 Å². The zero-order valence-corrected chi connectivity index (χ0v) is 19.5. The highest BCUT2D eigenvalue weighted by atomic mass is 35.5. The molecule has 4 aromatic rings. The van der Waals surface area contributed by atoms with Crippen LogP contribution in [-0.4, -0.2) is 17.9 Å². The number of hydrogen-bond acceptors (Lipinski definition) is 4. The Hall–Kier alpha value is -3.28. The van der Waals surface area contributed by atoms with Gasteiger partial charge in [0.25, 0.3) is 0 Å². The van der Waals surface area contributed by atoms with Crippen LogP contribution in [0.15, 0.2) is 96.1 Å². The maximum atomic E-state index is 11.9. The zero-order chi connectivity index (χ0) is 22.9. The van der Waals surface area contributed by atoms with Gasteiger partial charge < -0.3 is 4.74 Å². The molecule has 0 spiro atoms. The largest absolute Gasteiger partial charge is 0.489 e. The van der Waals surface area contributed by atoms with E-state index in [4.69, 9.17) is 16.3 Å². The average Bonchev–Trinajstić information content (AvgIpc) is 2.85. The summed E-state index contributed by atoms with van der Waals surface area (Å²) in [5.74, 6) is 1.72. The van der Waals surface area contributed by atoms with Gasteiger partial charge >= 0.3 is 0 Å². The van der Waals surface area contributed by atoms with E-state index in [1.165, 1.54) is 22.5 Å². The van der Waals surface area contributed by atoms with E-state index < -0.39 is 0 Å². The number of nitrogens with one attached hydrogen (secondary N) is 1. The maximum absolute atomic E-state index is 11.9. The van der Waals surface area contributed by atoms with Crippen molar-refractivity contribution in [2.45, 2.75) is 12.4 Å². The van der Waals surface area contributed by atoms with Crippen molar-refractivity contribution < 1.29 is 9.53 Å². The molecule has 6 heteroatoms. The fraction of sp³-hybridized carbons (Fsp3) is 0.111. The molecule has 4 rings (SSSR count). The molecular weight excluding hydrogens is 452 g/mol. The van der Waals surface area contributed by atoms with Crippen molar-refractivity contribution in [3.63, 3.8) is 0 Å². The van der Waals surface area contributed by atoms with Gasteiger partial charge in [-0.25, -0.2) is 5.43 Å². The normalized spacial score (nSPS) is 11.1. The van der Waals surface area contributed by atoms with Crippen molar-refractivity contribution in [2.75, 3.05) is 5.75 Å². The fourth-order valence-electron chi connectivity index (χ4n) is 3.20. The van der Waals surface area contributed by atoms with E-state index in [0.29, 0.717) is 17.4 Å². The summed E-state index contributed by atoms with van der Waals surface area (Å²) in [6.07, 6.45) is 1.62. The molecule has 1 N–H and O–H groups in total. The number of hydrazone groups is 1. The Bertz CT molecular complexity index is 1240. The van der Waals surface area contributed by atoms with Crippen LogP contribution in [0.2, 0.25) is 5.02 Å². The third-order valence-corrected chi connectivity index (χ3v) is 6.17. The van der Waals surface area contributed by atoms with Gasteiger partial charge in [0.1, 0.15) is 12.4 Å². The number of benzene rings is 4. The number of thioether (sulfide) groups is 1. The monoisotopic (exact) mass is 474 g/mol. The molecule has 166 valence electrons. The maximum Gasteiger partial charge on any atom is 0.250 e. The molecule has 4 aromatic carbocycles. The topological polar surface area (TPSA) is 50.7 Å². The van der Waals surface area contributed by atoms with E-state index in [9.17, 15) is 4.79 Å². The first-order valence-corrected chi connectivity index (χ1v) is 12.0. The molecule has 4 nitrogen and oxygen atoms in total. The number of halogens is 1. The molecule has 33 heavy (non-hydrogen) atoms. The second-order valence-electron chi connectivity index (χ2n) is 7.45. The number of amides is 1. The minimum Gasteiger partial charge on any atom is -0.489 e. The van der Waals surface area contributed by atoms with E-state index in [0.717, 1.165) is 28.2 Å². The van der Waals surface area contributed by atoms with Gasteiger partial charge in [0.05, 0.1) is 12.0 Å². The van der Waals surface area contributed by atoms with Crippen LogP contribution in [0.25, 0.3) is 10.8 Å². The van der Waals surface area contributed by atoms with E-state index in [1.54, 1.807) is 6.21 Å². The Balaban J connectivity index is 1.19. The lowest BCUT2D eigenvalue weighted by Gasteiger charge is -2.07. The van der Waals surface area contributed by atoms with E-state index >= 15 is 0 Å². The van der Waals surface area contributed by atoms with Crippen LogP contribution in [-0.2, 0) is 17.2 Å². The molecule has 0 heterocycles.